The topological polar surface area (TPSA) is 52.5 Å². The van der Waals surface area contributed by atoms with E-state index in [-0.39, 0.29) is 11.5 Å². The van der Waals surface area contributed by atoms with Crippen LogP contribution in [-0.2, 0) is 13.1 Å². The quantitative estimate of drug-likeness (QED) is 0.754. The lowest BCUT2D eigenvalue weighted by molar-refractivity contribution is 0.473. The Morgan fingerprint density at radius 3 is 2.18 bits per heavy atom. The van der Waals surface area contributed by atoms with Gasteiger partial charge in [-0.1, -0.05) is 24.3 Å². The monoisotopic (exact) mass is 229 g/mol. The number of hydrogen-bond acceptors (Lipinski definition) is 3. The SMILES string of the molecule is Oc1ccc(CNCc2cccc(O)c2)cc1. The lowest BCUT2D eigenvalue weighted by Gasteiger charge is -2.05. The van der Waals surface area contributed by atoms with Crippen LogP contribution in [0.5, 0.6) is 11.5 Å². The van der Waals surface area contributed by atoms with Crippen LogP contribution in [-0.4, -0.2) is 10.2 Å². The van der Waals surface area contributed by atoms with Gasteiger partial charge in [0.05, 0.1) is 0 Å². The zero-order valence-electron chi connectivity index (χ0n) is 9.43. The van der Waals surface area contributed by atoms with Gasteiger partial charge in [-0.2, -0.15) is 0 Å². The van der Waals surface area contributed by atoms with E-state index in [1.54, 1.807) is 24.3 Å². The van der Waals surface area contributed by atoms with Crippen LogP contribution in [0.3, 0.4) is 0 Å². The van der Waals surface area contributed by atoms with Crippen molar-refractivity contribution in [1.29, 1.82) is 0 Å². The van der Waals surface area contributed by atoms with Crippen molar-refractivity contribution in [2.45, 2.75) is 13.1 Å². The molecule has 3 N–H and O–H groups in total. The molecule has 0 aliphatic heterocycles. The van der Waals surface area contributed by atoms with Crippen LogP contribution >= 0.6 is 0 Å². The highest BCUT2D eigenvalue weighted by Gasteiger charge is 1.96. The number of nitrogens with one attached hydrogen (secondary N) is 1. The van der Waals surface area contributed by atoms with E-state index in [4.69, 9.17) is 5.11 Å². The first-order chi connectivity index (χ1) is 8.24. The lowest BCUT2D eigenvalue weighted by atomic mass is 10.2. The molecule has 0 fully saturated rings. The van der Waals surface area contributed by atoms with Gasteiger partial charge < -0.3 is 15.5 Å². The Morgan fingerprint density at radius 1 is 0.765 bits per heavy atom. The molecule has 3 heteroatoms. The van der Waals surface area contributed by atoms with Crippen LogP contribution in [0.2, 0.25) is 0 Å². The highest BCUT2D eigenvalue weighted by Crippen LogP contribution is 2.11. The number of phenolic OH excluding ortho intramolecular Hbond substituents is 2. The molecule has 2 rings (SSSR count). The predicted molar refractivity (Wildman–Crippen MR) is 66.8 cm³/mol. The Kier molecular flexibility index (Phi) is 3.62. The molecule has 0 heterocycles. The molecular weight excluding hydrogens is 214 g/mol. The second kappa shape index (κ2) is 5.37. The van der Waals surface area contributed by atoms with E-state index in [2.05, 4.69) is 5.32 Å². The van der Waals surface area contributed by atoms with Crippen molar-refractivity contribution < 1.29 is 10.2 Å². The molecule has 0 saturated carbocycles. The van der Waals surface area contributed by atoms with Gasteiger partial charge in [-0.15, -0.1) is 0 Å². The first kappa shape index (κ1) is 11.5. The van der Waals surface area contributed by atoms with Gasteiger partial charge in [-0.05, 0) is 35.4 Å². The predicted octanol–water partition coefficient (Wildman–Crippen LogP) is 2.39. The fraction of sp³-hybridized carbons (Fsp3) is 0.143. The largest absolute Gasteiger partial charge is 0.508 e. The summed E-state index contributed by atoms with van der Waals surface area (Å²) < 4.78 is 0. The normalized spacial score (nSPS) is 10.4. The summed E-state index contributed by atoms with van der Waals surface area (Å²) in [7, 11) is 0. The minimum absolute atomic E-state index is 0.279. The van der Waals surface area contributed by atoms with Crippen LogP contribution < -0.4 is 5.32 Å². The molecule has 0 spiro atoms. The molecular formula is C14H15NO2. The molecule has 0 bridgehead atoms. The van der Waals surface area contributed by atoms with Gasteiger partial charge >= 0.3 is 0 Å². The lowest BCUT2D eigenvalue weighted by Crippen LogP contribution is -2.12. The first-order valence-corrected chi connectivity index (χ1v) is 5.50. The molecule has 17 heavy (non-hydrogen) atoms. The molecule has 0 radical (unpaired) electrons. The molecule has 0 saturated heterocycles. The third-order valence-electron chi connectivity index (χ3n) is 2.51. The van der Waals surface area contributed by atoms with Crippen molar-refractivity contribution in [3.63, 3.8) is 0 Å². The average Bonchev–Trinajstić information content (AvgIpc) is 2.32. The standard InChI is InChI=1S/C14H15NO2/c16-13-6-4-11(5-7-13)9-15-10-12-2-1-3-14(17)8-12/h1-8,15-17H,9-10H2. The summed E-state index contributed by atoms with van der Waals surface area (Å²) in [6.45, 7) is 1.44. The molecule has 0 aromatic heterocycles. The van der Waals surface area contributed by atoms with E-state index in [0.29, 0.717) is 6.54 Å². The second-order valence-corrected chi connectivity index (χ2v) is 3.94. The summed E-state index contributed by atoms with van der Waals surface area (Å²) in [6.07, 6.45) is 0. The van der Waals surface area contributed by atoms with Gasteiger partial charge in [-0.25, -0.2) is 0 Å². The summed E-state index contributed by atoms with van der Waals surface area (Å²) in [5.74, 6) is 0.565. The van der Waals surface area contributed by atoms with Crippen LogP contribution in [0.25, 0.3) is 0 Å². The molecule has 0 aliphatic carbocycles. The number of benzene rings is 2. The van der Waals surface area contributed by atoms with Crippen LogP contribution in [0, 0.1) is 0 Å². The molecule has 2 aromatic rings. The molecule has 0 unspecified atom stereocenters. The summed E-state index contributed by atoms with van der Waals surface area (Å²) in [5, 5.41) is 21.7. The minimum atomic E-state index is 0.279. The van der Waals surface area contributed by atoms with Gasteiger partial charge in [0, 0.05) is 13.1 Å². The first-order valence-electron chi connectivity index (χ1n) is 5.50. The number of rotatable bonds is 4. The number of phenols is 2. The van der Waals surface area contributed by atoms with Crippen LogP contribution in [0.4, 0.5) is 0 Å². The smallest absolute Gasteiger partial charge is 0.115 e. The van der Waals surface area contributed by atoms with E-state index in [1.807, 2.05) is 24.3 Å². The van der Waals surface area contributed by atoms with Crippen molar-refractivity contribution >= 4 is 0 Å². The summed E-state index contributed by atoms with van der Waals surface area (Å²) in [6, 6.07) is 14.3. The maximum Gasteiger partial charge on any atom is 0.115 e. The average molecular weight is 229 g/mol. The van der Waals surface area contributed by atoms with E-state index in [9.17, 15) is 5.11 Å². The third kappa shape index (κ3) is 3.50. The van der Waals surface area contributed by atoms with Crippen molar-refractivity contribution in [2.24, 2.45) is 0 Å². The van der Waals surface area contributed by atoms with Gasteiger partial charge in [0.2, 0.25) is 0 Å². The number of hydrogen-bond donors (Lipinski definition) is 3. The maximum atomic E-state index is 9.30. The fourth-order valence-electron chi connectivity index (χ4n) is 1.63. The van der Waals surface area contributed by atoms with Gasteiger partial charge in [0.25, 0.3) is 0 Å². The summed E-state index contributed by atoms with van der Waals surface area (Å²) in [5.41, 5.74) is 2.16. The van der Waals surface area contributed by atoms with Crippen molar-refractivity contribution in [2.75, 3.05) is 0 Å². The molecule has 3 nitrogen and oxygen atoms in total. The van der Waals surface area contributed by atoms with Crippen LogP contribution in [0.1, 0.15) is 11.1 Å². The maximum absolute atomic E-state index is 9.30. The van der Waals surface area contributed by atoms with E-state index < -0.39 is 0 Å². The summed E-state index contributed by atoms with van der Waals surface area (Å²) in [4.78, 5) is 0. The minimum Gasteiger partial charge on any atom is -0.508 e. The summed E-state index contributed by atoms with van der Waals surface area (Å²) >= 11 is 0. The highest BCUT2D eigenvalue weighted by atomic mass is 16.3. The Bertz CT molecular complexity index is 480. The Hall–Kier alpha value is -2.00. The highest BCUT2D eigenvalue weighted by molar-refractivity contribution is 5.28. The molecule has 2 aromatic carbocycles. The Balaban J connectivity index is 1.85. The zero-order chi connectivity index (χ0) is 12.1. The van der Waals surface area contributed by atoms with Gasteiger partial charge in [-0.3, -0.25) is 0 Å². The van der Waals surface area contributed by atoms with Crippen molar-refractivity contribution in [1.82, 2.24) is 5.32 Å². The molecule has 0 aliphatic rings. The van der Waals surface area contributed by atoms with Crippen molar-refractivity contribution in [3.8, 4) is 11.5 Å². The second-order valence-electron chi connectivity index (χ2n) is 3.94. The van der Waals surface area contributed by atoms with E-state index in [1.165, 1.54) is 0 Å². The van der Waals surface area contributed by atoms with Gasteiger partial charge in [0.1, 0.15) is 11.5 Å². The third-order valence-corrected chi connectivity index (χ3v) is 2.51. The van der Waals surface area contributed by atoms with Crippen LogP contribution in [0.15, 0.2) is 48.5 Å². The van der Waals surface area contributed by atoms with Crippen molar-refractivity contribution in [3.05, 3.63) is 59.7 Å². The Morgan fingerprint density at radius 2 is 1.47 bits per heavy atom. The van der Waals surface area contributed by atoms with E-state index >= 15 is 0 Å². The zero-order valence-corrected chi connectivity index (χ0v) is 9.43. The number of aromatic hydroxyl groups is 2. The van der Waals surface area contributed by atoms with Gasteiger partial charge in [0.15, 0.2) is 0 Å². The van der Waals surface area contributed by atoms with E-state index in [0.717, 1.165) is 17.7 Å². The molecule has 88 valence electrons. The Labute approximate surface area is 100 Å². The fourth-order valence-corrected chi connectivity index (χ4v) is 1.63. The molecule has 0 atom stereocenters. The molecule has 0 amide bonds.